The number of anilines is 1. The molecule has 2 aromatic rings. The van der Waals surface area contributed by atoms with Crippen molar-refractivity contribution in [3.63, 3.8) is 0 Å². The Hall–Kier alpha value is -2.58. The van der Waals surface area contributed by atoms with Gasteiger partial charge in [-0.3, -0.25) is 4.79 Å². The highest BCUT2D eigenvalue weighted by molar-refractivity contribution is 7.15. The molecule has 0 N–H and O–H groups in total. The third kappa shape index (κ3) is 6.23. The number of thiophene rings is 1. The summed E-state index contributed by atoms with van der Waals surface area (Å²) in [6.07, 6.45) is 3.90. The molecule has 3 rings (SSSR count). The highest BCUT2D eigenvalue weighted by Gasteiger charge is 2.32. The highest BCUT2D eigenvalue weighted by atomic mass is 32.1. The molecule has 1 aromatic heterocycles. The average molecular weight is 452 g/mol. The van der Waals surface area contributed by atoms with E-state index < -0.39 is 5.97 Å². The highest BCUT2D eigenvalue weighted by Crippen LogP contribution is 2.36. The zero-order valence-corrected chi connectivity index (χ0v) is 20.6. The molecule has 0 saturated heterocycles. The molecule has 1 amide bonds. The van der Waals surface area contributed by atoms with Gasteiger partial charge in [0, 0.05) is 11.3 Å². The summed E-state index contributed by atoms with van der Waals surface area (Å²) in [5.74, 6) is 6.70. The summed E-state index contributed by atoms with van der Waals surface area (Å²) >= 11 is 1.29. The van der Waals surface area contributed by atoms with Crippen LogP contribution in [0.5, 0.6) is 0 Å². The molecule has 1 aromatic carbocycles. The summed E-state index contributed by atoms with van der Waals surface area (Å²) in [5.41, 5.74) is 1.47. The molecule has 5 heteroatoms. The Kier molecular flexibility index (Phi) is 7.79. The first-order valence-corrected chi connectivity index (χ1v) is 12.1. The smallest absolute Gasteiger partial charge is 0.350 e. The van der Waals surface area contributed by atoms with Gasteiger partial charge in [-0.25, -0.2) is 4.79 Å². The van der Waals surface area contributed by atoms with Gasteiger partial charge in [-0.1, -0.05) is 49.1 Å². The van der Waals surface area contributed by atoms with E-state index in [2.05, 4.69) is 18.8 Å². The van der Waals surface area contributed by atoms with Crippen molar-refractivity contribution in [2.75, 3.05) is 12.0 Å². The van der Waals surface area contributed by atoms with Gasteiger partial charge in [0.25, 0.3) is 0 Å². The largest absolute Gasteiger partial charge is 0.465 e. The number of rotatable bonds is 5. The second kappa shape index (κ2) is 10.4. The van der Waals surface area contributed by atoms with Crippen LogP contribution < -0.4 is 4.90 Å². The molecule has 1 saturated carbocycles. The minimum absolute atomic E-state index is 0.0237. The number of ether oxygens (including phenoxy) is 1. The van der Waals surface area contributed by atoms with Crippen LogP contribution in [-0.4, -0.2) is 19.0 Å². The SMILES string of the molecule is COC(=O)c1sc(C#CC(C)(C)C)cc1N(Cc1ccccc1)C(=O)C1CCC(C)CC1. The topological polar surface area (TPSA) is 46.6 Å². The summed E-state index contributed by atoms with van der Waals surface area (Å²) in [7, 11) is 1.37. The zero-order chi connectivity index (χ0) is 23.3. The number of nitrogens with zero attached hydrogens (tertiary/aromatic N) is 1. The molecule has 1 aliphatic rings. The van der Waals surface area contributed by atoms with Crippen molar-refractivity contribution in [2.24, 2.45) is 17.3 Å². The van der Waals surface area contributed by atoms with Crippen molar-refractivity contribution < 1.29 is 14.3 Å². The van der Waals surface area contributed by atoms with Crippen LogP contribution >= 0.6 is 11.3 Å². The Morgan fingerprint density at radius 2 is 1.78 bits per heavy atom. The monoisotopic (exact) mass is 451 g/mol. The number of hydrogen-bond acceptors (Lipinski definition) is 4. The zero-order valence-electron chi connectivity index (χ0n) is 19.7. The summed E-state index contributed by atoms with van der Waals surface area (Å²) in [6, 6.07) is 11.8. The van der Waals surface area contributed by atoms with Crippen molar-refractivity contribution in [3.8, 4) is 11.8 Å². The second-order valence-electron chi connectivity index (χ2n) is 9.68. The summed E-state index contributed by atoms with van der Waals surface area (Å²) in [4.78, 5) is 29.4. The van der Waals surface area contributed by atoms with Gasteiger partial charge in [-0.05, 0) is 64.0 Å². The molecule has 1 heterocycles. The van der Waals surface area contributed by atoms with Crippen LogP contribution in [0, 0.1) is 29.1 Å². The summed E-state index contributed by atoms with van der Waals surface area (Å²) < 4.78 is 5.06. The predicted octanol–water partition coefficient (Wildman–Crippen LogP) is 6.29. The fourth-order valence-electron chi connectivity index (χ4n) is 3.91. The first-order chi connectivity index (χ1) is 15.2. The van der Waals surface area contributed by atoms with Crippen LogP contribution in [0.2, 0.25) is 0 Å². The third-order valence-corrected chi connectivity index (χ3v) is 6.77. The molecular formula is C27H33NO3S. The van der Waals surface area contributed by atoms with Gasteiger partial charge in [0.15, 0.2) is 0 Å². The number of hydrogen-bond donors (Lipinski definition) is 0. The normalized spacial score (nSPS) is 18.4. The molecular weight excluding hydrogens is 418 g/mol. The van der Waals surface area contributed by atoms with E-state index in [0.29, 0.717) is 23.0 Å². The molecule has 170 valence electrons. The van der Waals surface area contributed by atoms with E-state index in [-0.39, 0.29) is 17.2 Å². The lowest BCUT2D eigenvalue weighted by Crippen LogP contribution is -2.37. The van der Waals surface area contributed by atoms with Crippen LogP contribution in [0.3, 0.4) is 0 Å². The van der Waals surface area contributed by atoms with Crippen molar-refractivity contribution >= 4 is 28.9 Å². The maximum Gasteiger partial charge on any atom is 0.350 e. The Morgan fingerprint density at radius 1 is 1.12 bits per heavy atom. The number of methoxy groups -OCH3 is 1. The van der Waals surface area contributed by atoms with E-state index in [9.17, 15) is 9.59 Å². The number of benzene rings is 1. The lowest BCUT2D eigenvalue weighted by molar-refractivity contribution is -0.123. The molecule has 0 radical (unpaired) electrons. The maximum atomic E-state index is 13.7. The predicted molar refractivity (Wildman–Crippen MR) is 131 cm³/mol. The van der Waals surface area contributed by atoms with Gasteiger partial charge in [-0.2, -0.15) is 0 Å². The second-order valence-corrected chi connectivity index (χ2v) is 10.7. The number of amides is 1. The van der Waals surface area contributed by atoms with E-state index >= 15 is 0 Å². The Morgan fingerprint density at radius 3 is 2.38 bits per heavy atom. The molecule has 1 fully saturated rings. The molecule has 32 heavy (non-hydrogen) atoms. The van der Waals surface area contributed by atoms with Crippen molar-refractivity contribution in [1.29, 1.82) is 0 Å². The van der Waals surface area contributed by atoms with Crippen molar-refractivity contribution in [1.82, 2.24) is 0 Å². The molecule has 0 bridgehead atoms. The quantitative estimate of drug-likeness (QED) is 0.396. The molecule has 0 aliphatic heterocycles. The molecule has 4 nitrogen and oxygen atoms in total. The third-order valence-electron chi connectivity index (χ3n) is 5.75. The standard InChI is InChI=1S/C27H33NO3S/c1-19-11-13-21(14-12-19)25(29)28(18-20-9-7-6-8-10-20)23-17-22(15-16-27(2,3)4)32-24(23)26(30)31-5/h6-10,17,19,21H,11-14,18H2,1-5H3. The van der Waals surface area contributed by atoms with E-state index in [1.807, 2.05) is 57.2 Å². The van der Waals surface area contributed by atoms with Crippen molar-refractivity contribution in [2.45, 2.75) is 59.9 Å². The average Bonchev–Trinajstić information content (AvgIpc) is 3.20. The van der Waals surface area contributed by atoms with E-state index in [0.717, 1.165) is 36.1 Å². The first kappa shape index (κ1) is 24.1. The van der Waals surface area contributed by atoms with Gasteiger partial charge in [0.05, 0.1) is 24.2 Å². The number of carbonyl (C=O) groups excluding carboxylic acids is 2. The maximum absolute atomic E-state index is 13.7. The van der Waals surface area contributed by atoms with E-state index in [1.165, 1.54) is 18.4 Å². The Bertz CT molecular complexity index is 999. The van der Waals surface area contributed by atoms with E-state index in [1.54, 1.807) is 4.90 Å². The van der Waals surface area contributed by atoms with Gasteiger partial charge in [0.1, 0.15) is 4.88 Å². The Balaban J connectivity index is 2.03. The molecule has 0 atom stereocenters. The Labute approximate surface area is 196 Å². The number of esters is 1. The van der Waals surface area contributed by atoms with Crippen LogP contribution in [0.4, 0.5) is 5.69 Å². The van der Waals surface area contributed by atoms with Gasteiger partial charge in [-0.15, -0.1) is 11.3 Å². The van der Waals surface area contributed by atoms with Gasteiger partial charge >= 0.3 is 5.97 Å². The lowest BCUT2D eigenvalue weighted by Gasteiger charge is -2.31. The van der Waals surface area contributed by atoms with E-state index in [4.69, 9.17) is 4.74 Å². The van der Waals surface area contributed by atoms with Crippen LogP contribution in [-0.2, 0) is 16.1 Å². The van der Waals surface area contributed by atoms with Crippen LogP contribution in [0.25, 0.3) is 0 Å². The lowest BCUT2D eigenvalue weighted by atomic mass is 9.82. The fourth-order valence-corrected chi connectivity index (χ4v) is 4.84. The van der Waals surface area contributed by atoms with Gasteiger partial charge in [0.2, 0.25) is 5.91 Å². The molecule has 1 aliphatic carbocycles. The number of carbonyl (C=O) groups is 2. The van der Waals surface area contributed by atoms with Gasteiger partial charge < -0.3 is 9.64 Å². The van der Waals surface area contributed by atoms with Crippen LogP contribution in [0.15, 0.2) is 36.4 Å². The first-order valence-electron chi connectivity index (χ1n) is 11.3. The van der Waals surface area contributed by atoms with Crippen LogP contribution in [0.1, 0.15) is 73.5 Å². The minimum atomic E-state index is -0.433. The molecule has 0 unspecified atom stereocenters. The minimum Gasteiger partial charge on any atom is -0.465 e. The van der Waals surface area contributed by atoms with Crippen molar-refractivity contribution in [3.05, 3.63) is 51.7 Å². The summed E-state index contributed by atoms with van der Waals surface area (Å²) in [6.45, 7) is 8.80. The molecule has 0 spiro atoms. The fraction of sp³-hybridized carbons (Fsp3) is 0.481. The summed E-state index contributed by atoms with van der Waals surface area (Å²) in [5, 5.41) is 0.